The van der Waals surface area contributed by atoms with Gasteiger partial charge in [-0.1, -0.05) is 96.2 Å². The molecule has 4 rings (SSSR count). The van der Waals surface area contributed by atoms with E-state index < -0.39 is 42.1 Å². The predicted molar refractivity (Wildman–Crippen MR) is 216 cm³/mol. The molecule has 310 valence electrons. The van der Waals surface area contributed by atoms with Gasteiger partial charge in [0, 0.05) is 32.0 Å². The van der Waals surface area contributed by atoms with Gasteiger partial charge in [-0.05, 0) is 53.9 Å². The smallest absolute Gasteiger partial charge is 0.243 e. The maximum atomic E-state index is 14.5. The van der Waals surface area contributed by atoms with Crippen LogP contribution in [0.1, 0.15) is 109 Å². The van der Waals surface area contributed by atoms with E-state index in [2.05, 4.69) is 16.0 Å². The molecule has 10 N–H and O–H groups in total. The van der Waals surface area contributed by atoms with Crippen LogP contribution in [0.3, 0.4) is 0 Å². The summed E-state index contributed by atoms with van der Waals surface area (Å²) in [7, 11) is 0. The van der Waals surface area contributed by atoms with Crippen molar-refractivity contribution in [2.24, 2.45) is 23.5 Å². The SMILES string of the molecule is CC(=O)N(C1COc2ccc(CN)cc21)[C@@H](Cc1ccccc1)C(=O)N[C@@H](CC(C)C)C(=O)N[C@@H](CC1CCCCC1)[C@@H](O)CC(=O)NCC(C)C.Cl.O.O. The molecular formula is C41H66ClN5O8. The van der Waals surface area contributed by atoms with Crippen molar-refractivity contribution < 1.29 is 40.0 Å². The van der Waals surface area contributed by atoms with Crippen molar-refractivity contribution in [2.45, 2.75) is 129 Å². The van der Waals surface area contributed by atoms with Gasteiger partial charge in [0.15, 0.2) is 0 Å². The van der Waals surface area contributed by atoms with Crippen molar-refractivity contribution >= 4 is 36.0 Å². The number of carbonyl (C=O) groups is 4. The number of hydrogen-bond acceptors (Lipinski definition) is 7. The molecular weight excluding hydrogens is 726 g/mol. The van der Waals surface area contributed by atoms with E-state index in [0.29, 0.717) is 37.6 Å². The minimum absolute atomic E-state index is 0. The number of aliphatic hydroxyl groups excluding tert-OH is 1. The first-order valence-electron chi connectivity index (χ1n) is 19.2. The normalized spacial score (nSPS) is 17.1. The fourth-order valence-corrected chi connectivity index (χ4v) is 7.49. The molecule has 2 aromatic carbocycles. The Kier molecular flexibility index (Phi) is 21.5. The van der Waals surface area contributed by atoms with Gasteiger partial charge in [0.1, 0.15) is 24.4 Å². The molecule has 0 bridgehead atoms. The first-order valence-corrected chi connectivity index (χ1v) is 19.2. The number of amides is 4. The average Bonchev–Trinajstić information content (AvgIpc) is 3.52. The van der Waals surface area contributed by atoms with Gasteiger partial charge in [-0.2, -0.15) is 0 Å². The maximum absolute atomic E-state index is 14.5. The Morgan fingerprint density at radius 1 is 0.909 bits per heavy atom. The second kappa shape index (κ2) is 24.0. The average molecular weight is 792 g/mol. The summed E-state index contributed by atoms with van der Waals surface area (Å²) in [5, 5.41) is 20.3. The van der Waals surface area contributed by atoms with E-state index in [-0.39, 0.29) is 66.5 Å². The molecule has 0 saturated heterocycles. The first-order chi connectivity index (χ1) is 24.9. The van der Waals surface area contributed by atoms with E-state index >= 15 is 0 Å². The first kappa shape index (κ1) is 49.3. The number of hydrogen-bond donors (Lipinski definition) is 5. The topological polar surface area (TPSA) is 226 Å². The van der Waals surface area contributed by atoms with Gasteiger partial charge in [0.2, 0.25) is 23.6 Å². The lowest BCUT2D eigenvalue weighted by atomic mass is 9.83. The summed E-state index contributed by atoms with van der Waals surface area (Å²) in [6.45, 7) is 10.4. The lowest BCUT2D eigenvalue weighted by Crippen LogP contribution is -2.58. The van der Waals surface area contributed by atoms with Crippen LogP contribution in [-0.2, 0) is 32.1 Å². The molecule has 1 heterocycles. The highest BCUT2D eigenvalue weighted by Gasteiger charge is 2.40. The third-order valence-electron chi connectivity index (χ3n) is 10.2. The summed E-state index contributed by atoms with van der Waals surface area (Å²) in [6, 6.07) is 12.1. The molecule has 1 fully saturated rings. The van der Waals surface area contributed by atoms with Crippen molar-refractivity contribution in [1.82, 2.24) is 20.9 Å². The molecule has 4 amide bonds. The highest BCUT2D eigenvalue weighted by atomic mass is 35.5. The van der Waals surface area contributed by atoms with Crippen molar-refractivity contribution in [3.05, 3.63) is 65.2 Å². The largest absolute Gasteiger partial charge is 0.491 e. The number of nitrogens with two attached hydrogens (primary N) is 1. The quantitative estimate of drug-likeness (QED) is 0.151. The summed E-state index contributed by atoms with van der Waals surface area (Å²) in [4.78, 5) is 56.6. The maximum Gasteiger partial charge on any atom is 0.243 e. The lowest BCUT2D eigenvalue weighted by molar-refractivity contribution is -0.143. The number of ether oxygens (including phenoxy) is 1. The molecule has 2 aliphatic rings. The highest BCUT2D eigenvalue weighted by Crippen LogP contribution is 2.38. The van der Waals surface area contributed by atoms with Crippen LogP contribution >= 0.6 is 12.4 Å². The number of nitrogens with zero attached hydrogens (tertiary/aromatic N) is 1. The van der Waals surface area contributed by atoms with Crippen LogP contribution in [0, 0.1) is 17.8 Å². The summed E-state index contributed by atoms with van der Waals surface area (Å²) in [6.07, 6.45) is 5.27. The Morgan fingerprint density at radius 3 is 2.18 bits per heavy atom. The number of benzene rings is 2. The van der Waals surface area contributed by atoms with Crippen molar-refractivity contribution in [2.75, 3.05) is 13.2 Å². The van der Waals surface area contributed by atoms with Crippen molar-refractivity contribution in [1.29, 1.82) is 0 Å². The standard InChI is InChI=1S/C41H61N5O6.ClH.2H2O/c1-26(2)18-34(40(50)44-33(20-29-12-8-6-9-13-29)37(48)22-39(49)43-24-27(3)4)45-41(51)35(21-30-14-10-7-11-15-30)46(28(5)47)36-25-52-38-17-16-31(23-42)19-32(36)38;;;/h7,10-11,14-17,19,26-27,29,33-37,48H,6,8-9,12-13,18,20-25,42H2,1-5H3,(H,43,49)(H,44,50)(H,45,51);1H;2*1H2/t33-,34-,35-,36?,37-;;;/m0.../s1. The van der Waals surface area contributed by atoms with Crippen LogP contribution in [-0.4, -0.2) is 82.0 Å². The molecule has 2 aromatic rings. The number of fused-ring (bicyclic) bond motifs is 1. The summed E-state index contributed by atoms with van der Waals surface area (Å²) >= 11 is 0. The van der Waals surface area contributed by atoms with E-state index in [1.807, 2.05) is 76.2 Å². The van der Waals surface area contributed by atoms with E-state index in [1.165, 1.54) is 13.3 Å². The molecule has 13 nitrogen and oxygen atoms in total. The molecule has 1 aliphatic carbocycles. The van der Waals surface area contributed by atoms with Crippen LogP contribution in [0.15, 0.2) is 48.5 Å². The molecule has 1 aliphatic heterocycles. The summed E-state index contributed by atoms with van der Waals surface area (Å²) < 4.78 is 5.99. The van der Waals surface area contributed by atoms with Gasteiger partial charge in [0.05, 0.1) is 24.6 Å². The Morgan fingerprint density at radius 2 is 1.58 bits per heavy atom. The van der Waals surface area contributed by atoms with E-state index in [4.69, 9.17) is 10.5 Å². The third-order valence-corrected chi connectivity index (χ3v) is 10.2. The molecule has 5 atom stereocenters. The van der Waals surface area contributed by atoms with Crippen molar-refractivity contribution in [3.63, 3.8) is 0 Å². The number of aliphatic hydroxyl groups is 1. The molecule has 55 heavy (non-hydrogen) atoms. The van der Waals surface area contributed by atoms with Crippen LogP contribution in [0.25, 0.3) is 0 Å². The van der Waals surface area contributed by atoms with E-state index in [0.717, 1.165) is 42.4 Å². The zero-order valence-corrected chi connectivity index (χ0v) is 34.0. The lowest BCUT2D eigenvalue weighted by Gasteiger charge is -2.36. The van der Waals surface area contributed by atoms with Gasteiger partial charge >= 0.3 is 0 Å². The van der Waals surface area contributed by atoms with Crippen LogP contribution < -0.4 is 26.4 Å². The molecule has 0 aromatic heterocycles. The third kappa shape index (κ3) is 14.7. The van der Waals surface area contributed by atoms with Gasteiger partial charge < -0.3 is 47.4 Å². The fourth-order valence-electron chi connectivity index (χ4n) is 7.49. The molecule has 1 unspecified atom stereocenters. The Hall–Kier alpha value is -3.75. The minimum Gasteiger partial charge on any atom is -0.491 e. The zero-order chi connectivity index (χ0) is 37.8. The Bertz CT molecular complexity index is 1490. The minimum atomic E-state index is -1.09. The number of rotatable bonds is 18. The fraction of sp³-hybridized carbons (Fsp3) is 0.610. The van der Waals surface area contributed by atoms with E-state index in [1.54, 1.807) is 4.90 Å². The highest BCUT2D eigenvalue weighted by molar-refractivity contribution is 5.92. The molecule has 14 heteroatoms. The molecule has 0 radical (unpaired) electrons. The Balaban J connectivity index is 0.00000504. The summed E-state index contributed by atoms with van der Waals surface area (Å²) in [5.74, 6) is -0.164. The molecule has 0 spiro atoms. The second-order valence-electron chi connectivity index (χ2n) is 15.5. The van der Waals surface area contributed by atoms with Crippen molar-refractivity contribution in [3.8, 4) is 5.75 Å². The second-order valence-corrected chi connectivity index (χ2v) is 15.5. The number of carbonyl (C=O) groups excluding carboxylic acids is 4. The monoisotopic (exact) mass is 791 g/mol. The zero-order valence-electron chi connectivity index (χ0n) is 33.1. The van der Waals surface area contributed by atoms with Gasteiger partial charge in [-0.15, -0.1) is 12.4 Å². The predicted octanol–water partition coefficient (Wildman–Crippen LogP) is 3.32. The van der Waals surface area contributed by atoms with Gasteiger partial charge in [0.25, 0.3) is 0 Å². The Labute approximate surface area is 332 Å². The summed E-state index contributed by atoms with van der Waals surface area (Å²) in [5.41, 5.74) is 8.49. The number of halogens is 1. The van der Waals surface area contributed by atoms with Gasteiger partial charge in [-0.3, -0.25) is 19.2 Å². The van der Waals surface area contributed by atoms with Gasteiger partial charge in [-0.25, -0.2) is 0 Å². The molecule has 1 saturated carbocycles. The van der Waals surface area contributed by atoms with Crippen LogP contribution in [0.5, 0.6) is 5.75 Å². The number of nitrogens with one attached hydrogen (secondary N) is 3. The van der Waals surface area contributed by atoms with Crippen LogP contribution in [0.4, 0.5) is 0 Å². The van der Waals surface area contributed by atoms with Crippen LogP contribution in [0.2, 0.25) is 0 Å². The van der Waals surface area contributed by atoms with E-state index in [9.17, 15) is 24.3 Å².